The van der Waals surface area contributed by atoms with Crippen LogP contribution in [0.25, 0.3) is 0 Å². The molecule has 0 saturated carbocycles. The van der Waals surface area contributed by atoms with Crippen LogP contribution in [0.1, 0.15) is 290 Å². The number of nitrogens with one attached hydrogen (secondary N) is 1. The second-order valence-electron chi connectivity index (χ2n) is 21.1. The molecule has 0 aromatic carbocycles. The van der Waals surface area contributed by atoms with Gasteiger partial charge in [-0.05, 0) is 57.8 Å². The first-order valence-electron chi connectivity index (χ1n) is 30.2. The molecule has 0 radical (unpaired) electrons. The minimum atomic E-state index is -1.57. The maximum atomic E-state index is 13.0. The average Bonchev–Trinajstić information content (AvgIpc) is 3.36. The van der Waals surface area contributed by atoms with Crippen LogP contribution in [0, 0.1) is 0 Å². The number of unbranched alkanes of at least 4 members (excludes halogenated alkanes) is 38. The lowest BCUT2D eigenvalue weighted by atomic mass is 9.99. The standard InChI is InChI=1S/C61H115NO8/c1-3-5-7-9-11-13-15-17-19-21-22-23-24-25-26-27-28-29-30-31-32-33-35-36-38-40-42-44-46-48-50-55(64)54(53-69-61-60(68)59(67)58(66)56(52-63)70-61)62-57(65)51-49-47-45-43-41-39-37-34-20-18-16-14-12-10-8-6-4-2/h18,20,40,42,48,50,54-56,58-61,63-64,66-68H,3-17,19,21-39,41,43-47,49,51-53H2,1-2H3,(H,62,65)/b20-18-,42-40+,50-48+. The average molecular weight is 991 g/mol. The van der Waals surface area contributed by atoms with Gasteiger partial charge in [0.25, 0.3) is 0 Å². The molecular weight excluding hydrogens is 875 g/mol. The number of carbonyl (C=O) groups excluding carboxylic acids is 1. The van der Waals surface area contributed by atoms with Crippen LogP contribution in [0.2, 0.25) is 0 Å². The van der Waals surface area contributed by atoms with E-state index in [4.69, 9.17) is 9.47 Å². The highest BCUT2D eigenvalue weighted by Crippen LogP contribution is 2.23. The number of aliphatic hydroxyl groups excluding tert-OH is 5. The third-order valence-electron chi connectivity index (χ3n) is 14.4. The Morgan fingerprint density at radius 2 is 0.814 bits per heavy atom. The third-order valence-corrected chi connectivity index (χ3v) is 14.4. The highest BCUT2D eigenvalue weighted by atomic mass is 16.7. The number of aliphatic hydroxyl groups is 5. The number of carbonyl (C=O) groups is 1. The summed E-state index contributed by atoms with van der Waals surface area (Å²) < 4.78 is 11.3. The molecule has 70 heavy (non-hydrogen) atoms. The smallest absolute Gasteiger partial charge is 0.220 e. The van der Waals surface area contributed by atoms with Crippen LogP contribution in [0.15, 0.2) is 36.5 Å². The molecule has 1 aliphatic heterocycles. The van der Waals surface area contributed by atoms with E-state index < -0.39 is 49.5 Å². The van der Waals surface area contributed by atoms with Gasteiger partial charge in [0, 0.05) is 6.42 Å². The second kappa shape index (κ2) is 50.9. The second-order valence-corrected chi connectivity index (χ2v) is 21.1. The first-order valence-corrected chi connectivity index (χ1v) is 30.2. The third kappa shape index (κ3) is 39.9. The van der Waals surface area contributed by atoms with Crippen molar-refractivity contribution in [3.05, 3.63) is 36.5 Å². The van der Waals surface area contributed by atoms with E-state index in [-0.39, 0.29) is 12.5 Å². The van der Waals surface area contributed by atoms with Gasteiger partial charge in [0.2, 0.25) is 5.91 Å². The Bertz CT molecular complexity index is 1190. The summed E-state index contributed by atoms with van der Waals surface area (Å²) in [4.78, 5) is 13.0. The molecule has 1 rings (SSSR count). The predicted octanol–water partition coefficient (Wildman–Crippen LogP) is 15.1. The first-order chi connectivity index (χ1) is 34.3. The summed E-state index contributed by atoms with van der Waals surface area (Å²) in [6, 6.07) is -0.824. The fraction of sp³-hybridized carbons (Fsp3) is 0.885. The van der Waals surface area contributed by atoms with E-state index in [0.717, 1.165) is 51.4 Å². The molecule has 9 nitrogen and oxygen atoms in total. The van der Waals surface area contributed by atoms with Gasteiger partial charge < -0.3 is 40.3 Å². The van der Waals surface area contributed by atoms with Gasteiger partial charge in [-0.3, -0.25) is 4.79 Å². The molecule has 0 aromatic rings. The predicted molar refractivity (Wildman–Crippen MR) is 295 cm³/mol. The van der Waals surface area contributed by atoms with Crippen LogP contribution in [0.4, 0.5) is 0 Å². The Balaban J connectivity index is 2.20. The van der Waals surface area contributed by atoms with Crippen molar-refractivity contribution in [2.24, 2.45) is 0 Å². The van der Waals surface area contributed by atoms with E-state index in [0.29, 0.717) is 6.42 Å². The maximum Gasteiger partial charge on any atom is 0.220 e. The first kappa shape index (κ1) is 66.4. The molecule has 412 valence electrons. The Morgan fingerprint density at radius 3 is 1.20 bits per heavy atom. The maximum absolute atomic E-state index is 13.0. The van der Waals surface area contributed by atoms with Crippen molar-refractivity contribution in [1.82, 2.24) is 5.32 Å². The van der Waals surface area contributed by atoms with Crippen LogP contribution in [-0.4, -0.2) is 87.5 Å². The van der Waals surface area contributed by atoms with Crippen LogP contribution in [-0.2, 0) is 14.3 Å². The van der Waals surface area contributed by atoms with Gasteiger partial charge in [0.1, 0.15) is 24.4 Å². The number of amides is 1. The van der Waals surface area contributed by atoms with Gasteiger partial charge in [0.15, 0.2) is 6.29 Å². The Labute approximate surface area is 431 Å². The monoisotopic (exact) mass is 990 g/mol. The quantitative estimate of drug-likeness (QED) is 0.0261. The lowest BCUT2D eigenvalue weighted by molar-refractivity contribution is -0.302. The highest BCUT2D eigenvalue weighted by molar-refractivity contribution is 5.76. The van der Waals surface area contributed by atoms with Crippen molar-refractivity contribution in [2.75, 3.05) is 13.2 Å². The van der Waals surface area contributed by atoms with Gasteiger partial charge in [-0.15, -0.1) is 0 Å². The summed E-state index contributed by atoms with van der Waals surface area (Å²) in [6.07, 6.45) is 59.4. The molecule has 9 heteroatoms. The molecule has 7 unspecified atom stereocenters. The SMILES string of the molecule is CCCCCCCC/C=C\CCCCCCCCCC(=O)NC(COC1OC(CO)C(O)C(O)C1O)C(O)/C=C/CC/C=C/CCCCCCCCCCCCCCCCCCCCCCCCCC. The molecule has 0 aliphatic carbocycles. The molecule has 0 aromatic heterocycles. The largest absolute Gasteiger partial charge is 0.394 e. The molecular formula is C61H115NO8. The Hall–Kier alpha value is -1.59. The topological polar surface area (TPSA) is 149 Å². The van der Waals surface area contributed by atoms with Gasteiger partial charge in [-0.1, -0.05) is 262 Å². The van der Waals surface area contributed by atoms with Crippen molar-refractivity contribution in [1.29, 1.82) is 0 Å². The van der Waals surface area contributed by atoms with Crippen molar-refractivity contribution >= 4 is 5.91 Å². The van der Waals surface area contributed by atoms with E-state index in [1.165, 1.54) is 218 Å². The number of allylic oxidation sites excluding steroid dienone is 5. The van der Waals surface area contributed by atoms with Crippen molar-refractivity contribution in [2.45, 2.75) is 333 Å². The fourth-order valence-corrected chi connectivity index (χ4v) is 9.64. The van der Waals surface area contributed by atoms with E-state index >= 15 is 0 Å². The summed E-state index contributed by atoms with van der Waals surface area (Å²) in [6.45, 7) is 3.78. The van der Waals surface area contributed by atoms with E-state index in [9.17, 15) is 30.3 Å². The molecule has 1 heterocycles. The molecule has 1 amide bonds. The zero-order chi connectivity index (χ0) is 50.8. The van der Waals surface area contributed by atoms with Gasteiger partial charge in [0.05, 0.1) is 25.4 Å². The zero-order valence-corrected chi connectivity index (χ0v) is 45.8. The minimum Gasteiger partial charge on any atom is -0.394 e. The summed E-state index contributed by atoms with van der Waals surface area (Å²) in [5, 5.41) is 54.5. The van der Waals surface area contributed by atoms with Gasteiger partial charge >= 0.3 is 0 Å². The molecule has 1 fully saturated rings. The summed E-state index contributed by atoms with van der Waals surface area (Å²) in [5.41, 5.74) is 0. The van der Waals surface area contributed by atoms with E-state index in [2.05, 4.69) is 43.5 Å². The van der Waals surface area contributed by atoms with Crippen molar-refractivity contribution < 1.29 is 39.8 Å². The van der Waals surface area contributed by atoms with Crippen LogP contribution >= 0.6 is 0 Å². The lowest BCUT2D eigenvalue weighted by Gasteiger charge is -2.40. The molecule has 0 bridgehead atoms. The van der Waals surface area contributed by atoms with Gasteiger partial charge in [-0.2, -0.15) is 0 Å². The van der Waals surface area contributed by atoms with Crippen molar-refractivity contribution in [3.63, 3.8) is 0 Å². The number of hydrogen-bond donors (Lipinski definition) is 6. The molecule has 1 saturated heterocycles. The molecule has 0 spiro atoms. The Kier molecular flexibility index (Phi) is 48.3. The van der Waals surface area contributed by atoms with E-state index in [1.807, 2.05) is 6.08 Å². The fourth-order valence-electron chi connectivity index (χ4n) is 9.64. The zero-order valence-electron chi connectivity index (χ0n) is 45.8. The Morgan fingerprint density at radius 1 is 0.471 bits per heavy atom. The number of ether oxygens (including phenoxy) is 2. The van der Waals surface area contributed by atoms with Crippen molar-refractivity contribution in [3.8, 4) is 0 Å². The highest BCUT2D eigenvalue weighted by Gasteiger charge is 2.44. The minimum absolute atomic E-state index is 0.189. The summed E-state index contributed by atoms with van der Waals surface area (Å²) in [5.74, 6) is -0.189. The normalized spacial score (nSPS) is 19.6. The number of rotatable bonds is 52. The van der Waals surface area contributed by atoms with Crippen LogP contribution < -0.4 is 5.32 Å². The molecule has 6 N–H and O–H groups in total. The molecule has 1 aliphatic rings. The van der Waals surface area contributed by atoms with Crippen LogP contribution in [0.3, 0.4) is 0 Å². The molecule has 7 atom stereocenters. The summed E-state index contributed by atoms with van der Waals surface area (Å²) in [7, 11) is 0. The number of hydrogen-bond acceptors (Lipinski definition) is 8. The van der Waals surface area contributed by atoms with E-state index in [1.54, 1.807) is 6.08 Å². The summed E-state index contributed by atoms with van der Waals surface area (Å²) >= 11 is 0. The lowest BCUT2D eigenvalue weighted by Crippen LogP contribution is -2.60. The van der Waals surface area contributed by atoms with Crippen LogP contribution in [0.5, 0.6) is 0 Å². The van der Waals surface area contributed by atoms with Gasteiger partial charge in [-0.25, -0.2) is 0 Å².